The highest BCUT2D eigenvalue weighted by Gasteiger charge is 2.19. The Kier molecular flexibility index (Phi) is 3.55. The lowest BCUT2D eigenvalue weighted by molar-refractivity contribution is 0.499. The van der Waals surface area contributed by atoms with Crippen molar-refractivity contribution in [3.8, 4) is 0 Å². The zero-order valence-electron chi connectivity index (χ0n) is 12.8. The first-order valence-electron chi connectivity index (χ1n) is 7.45. The van der Waals surface area contributed by atoms with E-state index in [4.69, 9.17) is 10.2 Å². The number of nitrogens with two attached hydrogens (primary N) is 1. The van der Waals surface area contributed by atoms with E-state index in [1.54, 1.807) is 0 Å². The smallest absolute Gasteiger partial charge is 0.137 e. The summed E-state index contributed by atoms with van der Waals surface area (Å²) in [5.41, 5.74) is 10.5. The maximum Gasteiger partial charge on any atom is 0.137 e. The molecular weight excluding hydrogens is 262 g/mol. The van der Waals surface area contributed by atoms with Gasteiger partial charge in [0.2, 0.25) is 0 Å². The van der Waals surface area contributed by atoms with E-state index in [1.165, 1.54) is 0 Å². The van der Waals surface area contributed by atoms with Crippen LogP contribution in [0.1, 0.15) is 42.6 Å². The molecule has 4 heteroatoms. The third-order valence-electron chi connectivity index (χ3n) is 3.91. The molecule has 0 fully saturated rings. The number of rotatable bonds is 4. The zero-order valence-corrected chi connectivity index (χ0v) is 12.8. The third-order valence-corrected chi connectivity index (χ3v) is 3.91. The zero-order chi connectivity index (χ0) is 15.0. The minimum absolute atomic E-state index is 0.287. The first-order chi connectivity index (χ1) is 10.1. The van der Waals surface area contributed by atoms with Gasteiger partial charge in [-0.1, -0.05) is 25.1 Å². The standard InChI is InChI=1S/C17H21N3O/c1-4-13-10-14(20(5-2)19-13)16(18)15-9-12-8-6-7-11(3)17(12)21-15/h6-10,16H,4-5,18H2,1-3H3. The molecule has 4 nitrogen and oxygen atoms in total. The second kappa shape index (κ2) is 5.37. The molecule has 0 amide bonds. The van der Waals surface area contributed by atoms with Crippen molar-refractivity contribution in [2.45, 2.75) is 39.8 Å². The molecule has 3 aromatic rings. The lowest BCUT2D eigenvalue weighted by Gasteiger charge is -2.10. The highest BCUT2D eigenvalue weighted by molar-refractivity contribution is 5.81. The van der Waals surface area contributed by atoms with Crippen LogP contribution in [0.2, 0.25) is 0 Å². The topological polar surface area (TPSA) is 57.0 Å². The molecule has 0 aliphatic rings. The van der Waals surface area contributed by atoms with Crippen LogP contribution in [0.15, 0.2) is 34.7 Å². The molecule has 3 rings (SSSR count). The summed E-state index contributed by atoms with van der Waals surface area (Å²) in [6, 6.07) is 9.96. The molecule has 0 aliphatic heterocycles. The molecule has 2 aromatic heterocycles. The fourth-order valence-corrected chi connectivity index (χ4v) is 2.69. The predicted octanol–water partition coefficient (Wildman–Crippen LogP) is 3.57. The maximum atomic E-state index is 6.42. The summed E-state index contributed by atoms with van der Waals surface area (Å²) >= 11 is 0. The van der Waals surface area contributed by atoms with Crippen LogP contribution in [0, 0.1) is 6.92 Å². The molecule has 110 valence electrons. The van der Waals surface area contributed by atoms with Crippen molar-refractivity contribution in [2.24, 2.45) is 5.73 Å². The summed E-state index contributed by atoms with van der Waals surface area (Å²) in [5.74, 6) is 0.788. The Labute approximate surface area is 124 Å². The molecule has 1 unspecified atom stereocenters. The number of aromatic nitrogens is 2. The Balaban J connectivity index is 2.05. The van der Waals surface area contributed by atoms with Crippen LogP contribution in [-0.2, 0) is 13.0 Å². The molecule has 1 atom stereocenters. The summed E-state index contributed by atoms with van der Waals surface area (Å²) in [6.45, 7) is 7.03. The Hall–Kier alpha value is -2.07. The van der Waals surface area contributed by atoms with Crippen molar-refractivity contribution in [1.29, 1.82) is 0 Å². The van der Waals surface area contributed by atoms with Crippen molar-refractivity contribution >= 4 is 11.0 Å². The Morgan fingerprint density at radius 3 is 2.76 bits per heavy atom. The van der Waals surface area contributed by atoms with Crippen molar-refractivity contribution in [2.75, 3.05) is 0 Å². The quantitative estimate of drug-likeness (QED) is 0.796. The van der Waals surface area contributed by atoms with Gasteiger partial charge in [0.25, 0.3) is 0 Å². The highest BCUT2D eigenvalue weighted by Crippen LogP contribution is 2.29. The number of nitrogens with zero attached hydrogens (tertiary/aromatic N) is 2. The lowest BCUT2D eigenvalue weighted by atomic mass is 10.1. The Bertz CT molecular complexity index is 770. The first-order valence-corrected chi connectivity index (χ1v) is 7.45. The summed E-state index contributed by atoms with van der Waals surface area (Å²) < 4.78 is 7.95. The lowest BCUT2D eigenvalue weighted by Crippen LogP contribution is -2.16. The van der Waals surface area contributed by atoms with Crippen LogP contribution in [0.25, 0.3) is 11.0 Å². The molecule has 2 heterocycles. The molecular formula is C17H21N3O. The fourth-order valence-electron chi connectivity index (χ4n) is 2.69. The SMILES string of the molecule is CCc1cc(C(N)c2cc3cccc(C)c3o2)n(CC)n1. The van der Waals surface area contributed by atoms with Gasteiger partial charge >= 0.3 is 0 Å². The van der Waals surface area contributed by atoms with Gasteiger partial charge in [-0.2, -0.15) is 5.10 Å². The van der Waals surface area contributed by atoms with Gasteiger partial charge in [0.05, 0.1) is 11.4 Å². The van der Waals surface area contributed by atoms with Crippen LogP contribution in [0.5, 0.6) is 0 Å². The number of aryl methyl sites for hydroxylation is 3. The molecule has 0 saturated heterocycles. The third kappa shape index (κ3) is 2.36. The number of hydrogen-bond donors (Lipinski definition) is 1. The van der Waals surface area contributed by atoms with E-state index in [2.05, 4.69) is 31.1 Å². The van der Waals surface area contributed by atoms with Crippen LogP contribution < -0.4 is 5.73 Å². The van der Waals surface area contributed by atoms with E-state index in [1.807, 2.05) is 29.8 Å². The van der Waals surface area contributed by atoms with Gasteiger partial charge in [-0.15, -0.1) is 0 Å². The van der Waals surface area contributed by atoms with Crippen molar-refractivity contribution < 1.29 is 4.42 Å². The molecule has 0 aliphatic carbocycles. The molecule has 2 N–H and O–H groups in total. The van der Waals surface area contributed by atoms with Crippen LogP contribution >= 0.6 is 0 Å². The molecule has 0 saturated carbocycles. The Morgan fingerprint density at radius 2 is 2.10 bits per heavy atom. The average Bonchev–Trinajstić information content (AvgIpc) is 3.11. The molecule has 0 radical (unpaired) electrons. The van der Waals surface area contributed by atoms with E-state index in [-0.39, 0.29) is 6.04 Å². The number of fused-ring (bicyclic) bond motifs is 1. The molecule has 0 bridgehead atoms. The highest BCUT2D eigenvalue weighted by atomic mass is 16.3. The number of furan rings is 1. The van der Waals surface area contributed by atoms with Gasteiger partial charge in [-0.3, -0.25) is 4.68 Å². The predicted molar refractivity (Wildman–Crippen MR) is 84.3 cm³/mol. The summed E-state index contributed by atoms with van der Waals surface area (Å²) in [6.07, 6.45) is 0.909. The van der Waals surface area contributed by atoms with E-state index in [9.17, 15) is 0 Å². The van der Waals surface area contributed by atoms with Gasteiger partial charge in [0, 0.05) is 11.9 Å². The largest absolute Gasteiger partial charge is 0.459 e. The second-order valence-corrected chi connectivity index (χ2v) is 5.35. The summed E-state index contributed by atoms with van der Waals surface area (Å²) in [5, 5.41) is 5.66. The average molecular weight is 283 g/mol. The van der Waals surface area contributed by atoms with Crippen LogP contribution in [-0.4, -0.2) is 9.78 Å². The number of para-hydroxylation sites is 1. The van der Waals surface area contributed by atoms with Crippen LogP contribution in [0.3, 0.4) is 0 Å². The normalized spacial score (nSPS) is 13.0. The van der Waals surface area contributed by atoms with Crippen molar-refractivity contribution in [3.05, 3.63) is 53.0 Å². The number of hydrogen-bond acceptors (Lipinski definition) is 3. The Morgan fingerprint density at radius 1 is 1.29 bits per heavy atom. The van der Waals surface area contributed by atoms with E-state index in [0.717, 1.165) is 46.6 Å². The van der Waals surface area contributed by atoms with E-state index >= 15 is 0 Å². The van der Waals surface area contributed by atoms with Crippen molar-refractivity contribution in [1.82, 2.24) is 9.78 Å². The van der Waals surface area contributed by atoms with Gasteiger partial charge in [0.15, 0.2) is 0 Å². The number of benzene rings is 1. The first kappa shape index (κ1) is 13.9. The monoisotopic (exact) mass is 283 g/mol. The summed E-state index contributed by atoms with van der Waals surface area (Å²) in [4.78, 5) is 0. The maximum absolute atomic E-state index is 6.42. The van der Waals surface area contributed by atoms with Gasteiger partial charge in [-0.05, 0) is 38.0 Å². The van der Waals surface area contributed by atoms with Gasteiger partial charge in [-0.25, -0.2) is 0 Å². The van der Waals surface area contributed by atoms with Crippen LogP contribution in [0.4, 0.5) is 0 Å². The van der Waals surface area contributed by atoms with Crippen molar-refractivity contribution in [3.63, 3.8) is 0 Å². The molecule has 0 spiro atoms. The van der Waals surface area contributed by atoms with E-state index < -0.39 is 0 Å². The molecule has 21 heavy (non-hydrogen) atoms. The van der Waals surface area contributed by atoms with Gasteiger partial charge < -0.3 is 10.2 Å². The minimum Gasteiger partial charge on any atom is -0.459 e. The summed E-state index contributed by atoms with van der Waals surface area (Å²) in [7, 11) is 0. The van der Waals surface area contributed by atoms with Gasteiger partial charge in [0.1, 0.15) is 17.4 Å². The molecule has 1 aromatic carbocycles. The second-order valence-electron chi connectivity index (χ2n) is 5.35. The van der Waals surface area contributed by atoms with E-state index in [0.29, 0.717) is 0 Å². The minimum atomic E-state index is -0.287. The fraction of sp³-hybridized carbons (Fsp3) is 0.353.